The second-order valence-electron chi connectivity index (χ2n) is 6.83. The Morgan fingerprint density at radius 3 is 2.48 bits per heavy atom. The van der Waals surface area contributed by atoms with Crippen LogP contribution in [0.3, 0.4) is 0 Å². The van der Waals surface area contributed by atoms with E-state index in [4.69, 9.17) is 14.3 Å². The number of methoxy groups -OCH3 is 2. The number of carbonyl (C=O) groups excluding carboxylic acids is 2. The van der Waals surface area contributed by atoms with Crippen LogP contribution >= 0.6 is 0 Å². The molecule has 0 saturated carbocycles. The van der Waals surface area contributed by atoms with Gasteiger partial charge in [0.25, 0.3) is 11.8 Å². The fourth-order valence-corrected chi connectivity index (χ4v) is 2.69. The first-order valence-electron chi connectivity index (χ1n) is 9.72. The Hall–Kier alpha value is -3.76. The zero-order valence-electron chi connectivity index (χ0n) is 18.3. The van der Waals surface area contributed by atoms with Gasteiger partial charge in [-0.25, -0.2) is 0 Å². The fraction of sp³-hybridized carbons (Fsp3) is 0.318. The third-order valence-electron chi connectivity index (χ3n) is 4.50. The molecule has 0 aliphatic carbocycles. The van der Waals surface area contributed by atoms with Gasteiger partial charge in [0, 0.05) is 19.3 Å². The Morgan fingerprint density at radius 2 is 1.82 bits per heavy atom. The van der Waals surface area contributed by atoms with E-state index in [1.165, 1.54) is 24.1 Å². The number of oxime groups is 1. The molecule has 0 unspecified atom stereocenters. The minimum absolute atomic E-state index is 0.0488. The quantitative estimate of drug-likeness (QED) is 0.428. The summed E-state index contributed by atoms with van der Waals surface area (Å²) in [7, 11) is 4.67. The van der Waals surface area contributed by atoms with Crippen LogP contribution in [0.15, 0.2) is 47.6 Å². The summed E-state index contributed by atoms with van der Waals surface area (Å²) in [6, 6.07) is 9.62. The maximum Gasteiger partial charge on any atom is 0.416 e. The van der Waals surface area contributed by atoms with Gasteiger partial charge in [-0.2, -0.15) is 13.2 Å². The lowest BCUT2D eigenvalue weighted by Crippen LogP contribution is -2.31. The van der Waals surface area contributed by atoms with Gasteiger partial charge in [-0.3, -0.25) is 9.59 Å². The van der Waals surface area contributed by atoms with Crippen LogP contribution in [0.25, 0.3) is 0 Å². The van der Waals surface area contributed by atoms with E-state index in [2.05, 4.69) is 10.5 Å². The average Bonchev–Trinajstić information content (AvgIpc) is 2.79. The first-order valence-corrected chi connectivity index (χ1v) is 9.72. The molecule has 2 aromatic carbocycles. The normalized spacial score (nSPS) is 11.2. The summed E-state index contributed by atoms with van der Waals surface area (Å²) < 4.78 is 48.6. The van der Waals surface area contributed by atoms with E-state index in [1.807, 2.05) is 12.1 Å². The third-order valence-corrected chi connectivity index (χ3v) is 4.50. The van der Waals surface area contributed by atoms with Gasteiger partial charge in [0.15, 0.2) is 18.1 Å². The number of hydrogen-bond donors (Lipinski definition) is 1. The number of benzene rings is 2. The van der Waals surface area contributed by atoms with Crippen LogP contribution in [-0.2, 0) is 27.0 Å². The van der Waals surface area contributed by atoms with Crippen molar-refractivity contribution in [3.8, 4) is 11.5 Å². The van der Waals surface area contributed by atoms with Crippen LogP contribution in [0.4, 0.5) is 18.9 Å². The van der Waals surface area contributed by atoms with Gasteiger partial charge in [0.1, 0.15) is 6.21 Å². The molecule has 0 saturated heterocycles. The van der Waals surface area contributed by atoms with Crippen molar-refractivity contribution in [3.05, 3.63) is 53.6 Å². The van der Waals surface area contributed by atoms with E-state index in [0.29, 0.717) is 24.5 Å². The van der Waals surface area contributed by atoms with Crippen LogP contribution in [-0.4, -0.2) is 57.3 Å². The van der Waals surface area contributed by atoms with Crippen LogP contribution in [0.2, 0.25) is 0 Å². The Morgan fingerprint density at radius 1 is 1.09 bits per heavy atom. The number of anilines is 1. The molecule has 2 rings (SSSR count). The molecule has 0 atom stereocenters. The topological polar surface area (TPSA) is 89.5 Å². The van der Waals surface area contributed by atoms with E-state index in [-0.39, 0.29) is 11.6 Å². The maximum absolute atomic E-state index is 12.7. The van der Waals surface area contributed by atoms with Crippen LogP contribution < -0.4 is 14.8 Å². The number of carbonyl (C=O) groups is 2. The molecule has 0 aromatic heterocycles. The number of rotatable bonds is 10. The Kier molecular flexibility index (Phi) is 9.08. The summed E-state index contributed by atoms with van der Waals surface area (Å²) in [5, 5.41) is 5.62. The Bertz CT molecular complexity index is 995. The van der Waals surface area contributed by atoms with Gasteiger partial charge in [-0.1, -0.05) is 17.3 Å². The van der Waals surface area contributed by atoms with Gasteiger partial charge in [0.2, 0.25) is 0 Å². The SMILES string of the molecule is COc1ccc(CCN(C)C(=O)CO/N=C\C(=O)Nc2cccc(C(F)(F)F)c2)cc1OC. The van der Waals surface area contributed by atoms with E-state index in [1.54, 1.807) is 20.2 Å². The van der Waals surface area contributed by atoms with Crippen molar-refractivity contribution in [3.63, 3.8) is 0 Å². The second-order valence-corrected chi connectivity index (χ2v) is 6.83. The van der Waals surface area contributed by atoms with E-state index in [9.17, 15) is 22.8 Å². The van der Waals surface area contributed by atoms with Crippen LogP contribution in [0, 0.1) is 0 Å². The summed E-state index contributed by atoms with van der Waals surface area (Å²) in [4.78, 5) is 30.2. The van der Waals surface area contributed by atoms with Crippen molar-refractivity contribution in [1.29, 1.82) is 0 Å². The highest BCUT2D eigenvalue weighted by molar-refractivity contribution is 6.31. The van der Waals surface area contributed by atoms with Crippen molar-refractivity contribution in [2.45, 2.75) is 12.6 Å². The minimum atomic E-state index is -4.52. The highest BCUT2D eigenvalue weighted by atomic mass is 19.4. The molecule has 178 valence electrons. The largest absolute Gasteiger partial charge is 0.493 e. The summed E-state index contributed by atoms with van der Waals surface area (Å²) in [6.45, 7) is -0.00675. The number of likely N-dealkylation sites (N-methyl/N-ethyl adjacent to an activating group) is 1. The molecule has 33 heavy (non-hydrogen) atoms. The molecule has 11 heteroatoms. The van der Waals surface area contributed by atoms with Crippen molar-refractivity contribution in [2.75, 3.05) is 39.7 Å². The van der Waals surface area contributed by atoms with Crippen LogP contribution in [0.5, 0.6) is 11.5 Å². The molecule has 0 aliphatic heterocycles. The lowest BCUT2D eigenvalue weighted by Gasteiger charge is -2.17. The van der Waals surface area contributed by atoms with E-state index < -0.39 is 24.3 Å². The van der Waals surface area contributed by atoms with Crippen molar-refractivity contribution in [1.82, 2.24) is 4.90 Å². The highest BCUT2D eigenvalue weighted by Gasteiger charge is 2.30. The summed E-state index contributed by atoms with van der Waals surface area (Å²) in [6.07, 6.45) is -3.23. The van der Waals surface area contributed by atoms with Crippen molar-refractivity contribution in [2.24, 2.45) is 5.16 Å². The number of ether oxygens (including phenoxy) is 2. The molecule has 0 fully saturated rings. The van der Waals surface area contributed by atoms with Crippen LogP contribution in [0.1, 0.15) is 11.1 Å². The monoisotopic (exact) mass is 467 g/mol. The van der Waals surface area contributed by atoms with Gasteiger partial charge in [-0.15, -0.1) is 0 Å². The first kappa shape index (κ1) is 25.5. The molecular formula is C22H24F3N3O5. The number of nitrogens with one attached hydrogen (secondary N) is 1. The summed E-state index contributed by atoms with van der Waals surface area (Å²) in [5.41, 5.74) is -0.0000403. The Balaban J connectivity index is 1.77. The zero-order chi connectivity index (χ0) is 24.4. The smallest absolute Gasteiger partial charge is 0.416 e. The lowest BCUT2D eigenvalue weighted by atomic mass is 10.1. The predicted octanol–water partition coefficient (Wildman–Crippen LogP) is 3.36. The number of halogens is 3. The first-order chi connectivity index (χ1) is 15.6. The Labute approximate surface area is 188 Å². The molecule has 1 N–H and O–H groups in total. The second kappa shape index (κ2) is 11.7. The standard InChI is InChI=1S/C22H24F3N3O5/c1-28(10-9-15-7-8-18(31-2)19(11-15)32-3)21(30)14-33-26-13-20(29)27-17-6-4-5-16(12-17)22(23,24)25/h4-8,11-13H,9-10,14H2,1-3H3,(H,27,29)/b26-13-. The number of amides is 2. The third kappa shape index (κ3) is 8.02. The molecule has 8 nitrogen and oxygen atoms in total. The number of alkyl halides is 3. The number of nitrogens with zero attached hydrogens (tertiary/aromatic N) is 2. The fourth-order valence-electron chi connectivity index (χ4n) is 2.69. The van der Waals surface area contributed by atoms with Gasteiger partial charge >= 0.3 is 6.18 Å². The summed E-state index contributed by atoms with van der Waals surface area (Å²) >= 11 is 0. The lowest BCUT2D eigenvalue weighted by molar-refractivity contribution is -0.137. The molecular weight excluding hydrogens is 443 g/mol. The van der Waals surface area contributed by atoms with Gasteiger partial charge in [0.05, 0.1) is 19.8 Å². The van der Waals surface area contributed by atoms with Gasteiger partial charge in [-0.05, 0) is 42.3 Å². The highest BCUT2D eigenvalue weighted by Crippen LogP contribution is 2.30. The molecule has 0 bridgehead atoms. The minimum Gasteiger partial charge on any atom is -0.493 e. The summed E-state index contributed by atoms with van der Waals surface area (Å²) in [5.74, 6) is 0.0218. The van der Waals surface area contributed by atoms with Crippen molar-refractivity contribution >= 4 is 23.7 Å². The number of hydrogen-bond acceptors (Lipinski definition) is 6. The molecule has 2 aromatic rings. The van der Waals surface area contributed by atoms with E-state index in [0.717, 1.165) is 23.9 Å². The molecule has 2 amide bonds. The van der Waals surface area contributed by atoms with Gasteiger partial charge < -0.3 is 24.5 Å². The predicted molar refractivity (Wildman–Crippen MR) is 115 cm³/mol. The molecule has 0 aliphatic rings. The molecule has 0 spiro atoms. The average molecular weight is 467 g/mol. The van der Waals surface area contributed by atoms with Crippen molar-refractivity contribution < 1.29 is 37.1 Å². The molecule has 0 heterocycles. The van der Waals surface area contributed by atoms with E-state index >= 15 is 0 Å². The zero-order valence-corrected chi connectivity index (χ0v) is 18.3. The maximum atomic E-state index is 12.7. The molecule has 0 radical (unpaired) electrons.